The minimum atomic E-state index is -4.49. The minimum absolute atomic E-state index is 0.0209. The van der Waals surface area contributed by atoms with Crippen LogP contribution in [0.5, 0.6) is 0 Å². The van der Waals surface area contributed by atoms with Crippen molar-refractivity contribution in [2.75, 3.05) is 6.16 Å². The normalized spacial score (nSPS) is 15.6. The average Bonchev–Trinajstić information content (AvgIpc) is 2.35. The molecule has 1 aromatic heterocycles. The van der Waals surface area contributed by atoms with Crippen LogP contribution in [0.3, 0.4) is 0 Å². The fourth-order valence-corrected chi connectivity index (χ4v) is 4.15. The van der Waals surface area contributed by atoms with Gasteiger partial charge in [-0.05, 0) is 0 Å². The van der Waals surface area contributed by atoms with Gasteiger partial charge >= 0.3 is 74.9 Å². The molecule has 0 radical (unpaired) electrons. The van der Waals surface area contributed by atoms with Gasteiger partial charge in [-0.3, -0.25) is 0 Å². The van der Waals surface area contributed by atoms with Crippen molar-refractivity contribution in [1.82, 2.24) is 0 Å². The quantitative estimate of drug-likeness (QED) is 0.635. The number of rotatable bonds is 2. The molecular formula is C7H13O3PS. The Morgan fingerprint density at radius 1 is 1.42 bits per heavy atom. The summed E-state index contributed by atoms with van der Waals surface area (Å²) in [5, 5.41) is 1.74. The molecule has 0 aromatic carbocycles. The number of hydrogen-bond acceptors (Lipinski definition) is 4. The summed E-state index contributed by atoms with van der Waals surface area (Å²) in [4.78, 5) is 28.7. The second kappa shape index (κ2) is 2.76. The van der Waals surface area contributed by atoms with E-state index in [4.69, 9.17) is 0 Å². The zero-order valence-electron chi connectivity index (χ0n) is 7.06. The first-order chi connectivity index (χ1) is 5.35. The van der Waals surface area contributed by atoms with Crippen LogP contribution in [0.4, 0.5) is 0 Å². The second-order valence-electron chi connectivity index (χ2n) is 2.88. The Balaban J connectivity index is 3.22. The Hall–Kier alpha value is 0.0100. The molecule has 0 amide bonds. The van der Waals surface area contributed by atoms with Crippen molar-refractivity contribution in [2.24, 2.45) is 0 Å². The van der Waals surface area contributed by atoms with Crippen LogP contribution in [0.15, 0.2) is 11.4 Å². The molecular weight excluding hydrogens is 195 g/mol. The van der Waals surface area contributed by atoms with E-state index in [-0.39, 0.29) is 6.16 Å². The molecule has 0 saturated heterocycles. The topological polar surface area (TPSA) is 60.7 Å². The average molecular weight is 208 g/mol. The van der Waals surface area contributed by atoms with Gasteiger partial charge in [-0.2, -0.15) is 0 Å². The molecule has 0 aliphatic carbocycles. The van der Waals surface area contributed by atoms with Gasteiger partial charge in [0.2, 0.25) is 0 Å². The van der Waals surface area contributed by atoms with E-state index >= 15 is 0 Å². The van der Waals surface area contributed by atoms with Crippen LogP contribution in [-0.4, -0.2) is 20.8 Å². The first-order valence-corrected chi connectivity index (χ1v) is 6.82. The van der Waals surface area contributed by atoms with E-state index in [2.05, 4.69) is 0 Å². The third-order valence-electron chi connectivity index (χ3n) is 1.83. The van der Waals surface area contributed by atoms with Gasteiger partial charge in [-0.15, -0.1) is 0 Å². The van der Waals surface area contributed by atoms with Crippen molar-refractivity contribution >= 4 is 23.2 Å². The third kappa shape index (κ3) is 1.68. The monoisotopic (exact) mass is 208 g/mol. The van der Waals surface area contributed by atoms with E-state index in [0.29, 0.717) is 4.62 Å². The van der Waals surface area contributed by atoms with Crippen LogP contribution in [0, 0.1) is 6.92 Å². The summed E-state index contributed by atoms with van der Waals surface area (Å²) in [6.45, 7) is 3.32. The van der Waals surface area contributed by atoms with Crippen LogP contribution < -0.4 is 4.62 Å². The van der Waals surface area contributed by atoms with Gasteiger partial charge in [0, 0.05) is 0 Å². The van der Waals surface area contributed by atoms with Crippen LogP contribution in [0.2, 0.25) is 0 Å². The molecule has 1 heterocycles. The van der Waals surface area contributed by atoms with E-state index in [0.717, 1.165) is 5.56 Å². The Labute approximate surface area is 75.5 Å². The van der Waals surface area contributed by atoms with Gasteiger partial charge < -0.3 is 0 Å². The molecule has 0 bridgehead atoms. The standard InChI is InChI=1S/C7H13O3PS/c1-3-11(8,9,10)7-6(2)4-5-12-7/h4-5,8-10H,3H2,1-2H3. The van der Waals surface area contributed by atoms with E-state index in [1.54, 1.807) is 25.3 Å². The first kappa shape index (κ1) is 10.1. The molecule has 12 heavy (non-hydrogen) atoms. The summed E-state index contributed by atoms with van der Waals surface area (Å²) >= 11 is 1.19. The number of hydrogen-bond donors (Lipinski definition) is 3. The zero-order chi connectivity index (χ0) is 9.43. The molecule has 0 aliphatic rings. The van der Waals surface area contributed by atoms with E-state index in [9.17, 15) is 14.7 Å². The Bertz CT molecular complexity index is 286. The fraction of sp³-hybridized carbons (Fsp3) is 0.429. The molecule has 0 unspecified atom stereocenters. The molecule has 3 nitrogen and oxygen atoms in total. The summed E-state index contributed by atoms with van der Waals surface area (Å²) in [5.41, 5.74) is 0.743. The summed E-state index contributed by atoms with van der Waals surface area (Å²) in [6.07, 6.45) is -0.0209. The van der Waals surface area contributed by atoms with Gasteiger partial charge in [0.05, 0.1) is 0 Å². The Morgan fingerprint density at radius 3 is 2.33 bits per heavy atom. The summed E-state index contributed by atoms with van der Waals surface area (Å²) in [7, 11) is -4.49. The van der Waals surface area contributed by atoms with Gasteiger partial charge in [0.15, 0.2) is 0 Å². The zero-order valence-corrected chi connectivity index (χ0v) is 8.77. The van der Waals surface area contributed by atoms with Crippen LogP contribution in [0.1, 0.15) is 12.5 Å². The van der Waals surface area contributed by atoms with Gasteiger partial charge in [-0.1, -0.05) is 0 Å². The molecule has 1 rings (SSSR count). The van der Waals surface area contributed by atoms with Crippen LogP contribution in [-0.2, 0) is 0 Å². The molecule has 0 fully saturated rings. The van der Waals surface area contributed by atoms with Gasteiger partial charge in [-0.25, -0.2) is 0 Å². The van der Waals surface area contributed by atoms with Gasteiger partial charge in [0.25, 0.3) is 0 Å². The molecule has 0 atom stereocenters. The van der Waals surface area contributed by atoms with Crippen LogP contribution in [0.25, 0.3) is 0 Å². The SMILES string of the molecule is CCP(O)(O)(O)c1sccc1C. The predicted octanol–water partition coefficient (Wildman–Crippen LogP) is 0.977. The second-order valence-corrected chi connectivity index (χ2v) is 7.48. The van der Waals surface area contributed by atoms with Crippen molar-refractivity contribution in [3.63, 3.8) is 0 Å². The summed E-state index contributed by atoms with van der Waals surface area (Å²) < 4.78 is 0.323. The first-order valence-electron chi connectivity index (χ1n) is 3.66. The van der Waals surface area contributed by atoms with Crippen molar-refractivity contribution in [2.45, 2.75) is 13.8 Å². The molecule has 3 N–H and O–H groups in total. The number of aryl methyl sites for hydroxylation is 1. The van der Waals surface area contributed by atoms with Gasteiger partial charge in [0.1, 0.15) is 0 Å². The maximum atomic E-state index is 9.58. The third-order valence-corrected chi connectivity index (χ3v) is 6.44. The van der Waals surface area contributed by atoms with E-state index in [1.165, 1.54) is 11.3 Å². The molecule has 70 valence electrons. The molecule has 1 aromatic rings. The van der Waals surface area contributed by atoms with Crippen molar-refractivity contribution < 1.29 is 14.7 Å². The molecule has 0 saturated carbocycles. The van der Waals surface area contributed by atoms with Crippen LogP contribution >= 0.6 is 18.6 Å². The Kier molecular flexibility index (Phi) is 2.32. The predicted molar refractivity (Wildman–Crippen MR) is 52.8 cm³/mol. The Morgan fingerprint density at radius 2 is 2.00 bits per heavy atom. The summed E-state index contributed by atoms with van der Waals surface area (Å²) in [5.74, 6) is 0. The van der Waals surface area contributed by atoms with E-state index < -0.39 is 7.28 Å². The number of thiophene rings is 1. The molecule has 0 aliphatic heterocycles. The molecule has 5 heteroatoms. The van der Waals surface area contributed by atoms with Crippen molar-refractivity contribution in [3.8, 4) is 0 Å². The maximum absolute atomic E-state index is 9.58. The fourth-order valence-electron chi connectivity index (χ4n) is 0.978. The molecule has 0 spiro atoms. The van der Waals surface area contributed by atoms with Crippen molar-refractivity contribution in [3.05, 3.63) is 17.0 Å². The van der Waals surface area contributed by atoms with E-state index in [1.807, 2.05) is 0 Å². The summed E-state index contributed by atoms with van der Waals surface area (Å²) in [6, 6.07) is 1.76. The van der Waals surface area contributed by atoms with Crippen molar-refractivity contribution in [1.29, 1.82) is 0 Å².